The maximum atomic E-state index is 13.1. The first kappa shape index (κ1) is 11.5. The number of halogens is 1. The number of hydrogen-bond acceptors (Lipinski definition) is 4. The highest BCUT2D eigenvalue weighted by Crippen LogP contribution is 2.26. The quantitative estimate of drug-likeness (QED) is 0.600. The molecule has 1 aromatic rings. The van der Waals surface area contributed by atoms with Crippen molar-refractivity contribution in [3.8, 4) is 0 Å². The molecule has 8 heteroatoms. The molecular formula is C7H7FN2O4S. The molecule has 0 saturated heterocycles. The lowest BCUT2D eigenvalue weighted by Crippen LogP contribution is -2.16. The van der Waals surface area contributed by atoms with E-state index in [0.717, 1.165) is 13.0 Å². The van der Waals surface area contributed by atoms with Gasteiger partial charge in [-0.3, -0.25) is 10.1 Å². The van der Waals surface area contributed by atoms with Crippen molar-refractivity contribution in [2.45, 2.75) is 11.8 Å². The zero-order valence-corrected chi connectivity index (χ0v) is 8.41. The summed E-state index contributed by atoms with van der Waals surface area (Å²) in [7, 11) is -4.30. The Morgan fingerprint density at radius 1 is 1.47 bits per heavy atom. The van der Waals surface area contributed by atoms with Crippen molar-refractivity contribution in [2.24, 2.45) is 5.14 Å². The molecule has 6 nitrogen and oxygen atoms in total. The topological polar surface area (TPSA) is 103 Å². The second-order valence-corrected chi connectivity index (χ2v) is 4.32. The Balaban J connectivity index is 3.66. The van der Waals surface area contributed by atoms with E-state index in [-0.39, 0.29) is 5.56 Å². The molecule has 0 aliphatic heterocycles. The summed E-state index contributed by atoms with van der Waals surface area (Å²) in [4.78, 5) is 8.82. The van der Waals surface area contributed by atoms with Crippen LogP contribution in [0.3, 0.4) is 0 Å². The Morgan fingerprint density at radius 2 is 2.00 bits per heavy atom. The van der Waals surface area contributed by atoms with Gasteiger partial charge < -0.3 is 0 Å². The van der Waals surface area contributed by atoms with Gasteiger partial charge in [0, 0.05) is 11.6 Å². The van der Waals surface area contributed by atoms with Crippen LogP contribution >= 0.6 is 0 Å². The van der Waals surface area contributed by atoms with E-state index in [2.05, 4.69) is 0 Å². The minimum Gasteiger partial charge on any atom is -0.258 e. The van der Waals surface area contributed by atoms with Gasteiger partial charge in [0.1, 0.15) is 10.7 Å². The number of nitrogens with two attached hydrogens (primary N) is 1. The summed E-state index contributed by atoms with van der Waals surface area (Å²) in [5, 5.41) is 15.2. The second kappa shape index (κ2) is 3.55. The Morgan fingerprint density at radius 3 is 2.40 bits per heavy atom. The summed E-state index contributed by atoms with van der Waals surface area (Å²) in [6, 6.07) is 1.59. The van der Waals surface area contributed by atoms with Crippen molar-refractivity contribution in [3.63, 3.8) is 0 Å². The number of nitro groups is 1. The first-order valence-electron chi connectivity index (χ1n) is 3.71. The van der Waals surface area contributed by atoms with Crippen molar-refractivity contribution < 1.29 is 17.7 Å². The lowest BCUT2D eigenvalue weighted by molar-refractivity contribution is -0.385. The molecule has 15 heavy (non-hydrogen) atoms. The van der Waals surface area contributed by atoms with Gasteiger partial charge >= 0.3 is 0 Å². The number of sulfonamides is 1. The third kappa shape index (κ3) is 2.10. The molecule has 0 aliphatic carbocycles. The lowest BCUT2D eigenvalue weighted by atomic mass is 10.2. The van der Waals surface area contributed by atoms with Crippen LogP contribution in [0, 0.1) is 22.9 Å². The first-order valence-corrected chi connectivity index (χ1v) is 5.26. The maximum absolute atomic E-state index is 13.1. The fourth-order valence-electron chi connectivity index (χ4n) is 1.20. The Labute approximate surface area is 84.7 Å². The standard InChI is InChI=1S/C7H7FN2O4S/c1-4-6(10(11)12)3-2-5(8)7(4)15(9,13)14/h2-3H,1H3,(H2,9,13,14). The van der Waals surface area contributed by atoms with Gasteiger partial charge in [-0.05, 0) is 13.0 Å². The van der Waals surface area contributed by atoms with Crippen molar-refractivity contribution in [2.75, 3.05) is 0 Å². The van der Waals surface area contributed by atoms with Gasteiger partial charge in [0.25, 0.3) is 5.69 Å². The summed E-state index contributed by atoms with van der Waals surface area (Å²) in [5.41, 5.74) is -0.789. The van der Waals surface area contributed by atoms with Crippen LogP contribution in [0.1, 0.15) is 5.56 Å². The molecule has 0 fully saturated rings. The molecule has 0 bridgehead atoms. The highest BCUT2D eigenvalue weighted by Gasteiger charge is 2.24. The lowest BCUT2D eigenvalue weighted by Gasteiger charge is -2.04. The maximum Gasteiger partial charge on any atom is 0.273 e. The van der Waals surface area contributed by atoms with Gasteiger partial charge in [-0.2, -0.15) is 0 Å². The van der Waals surface area contributed by atoms with E-state index in [0.29, 0.717) is 6.07 Å². The number of primary sulfonamides is 1. The summed E-state index contributed by atoms with van der Waals surface area (Å²) in [6.07, 6.45) is 0. The van der Waals surface area contributed by atoms with Crippen molar-refractivity contribution in [1.29, 1.82) is 0 Å². The Kier molecular flexibility index (Phi) is 2.73. The predicted octanol–water partition coefficient (Wildman–Crippen LogP) is 0.690. The van der Waals surface area contributed by atoms with E-state index in [4.69, 9.17) is 5.14 Å². The molecule has 1 rings (SSSR count). The van der Waals surface area contributed by atoms with Gasteiger partial charge in [0.05, 0.1) is 4.92 Å². The zero-order valence-electron chi connectivity index (χ0n) is 7.60. The molecule has 0 heterocycles. The van der Waals surface area contributed by atoms with Crippen LogP contribution in [0.2, 0.25) is 0 Å². The van der Waals surface area contributed by atoms with Crippen LogP contribution in [0.4, 0.5) is 10.1 Å². The summed E-state index contributed by atoms with van der Waals surface area (Å²) < 4.78 is 35.0. The molecule has 0 amide bonds. The van der Waals surface area contributed by atoms with Crippen LogP contribution in [-0.4, -0.2) is 13.3 Å². The van der Waals surface area contributed by atoms with E-state index in [1.807, 2.05) is 0 Å². The fourth-order valence-corrected chi connectivity index (χ4v) is 2.07. The minimum atomic E-state index is -4.30. The van der Waals surface area contributed by atoms with Gasteiger partial charge in [-0.1, -0.05) is 0 Å². The monoisotopic (exact) mass is 234 g/mol. The molecule has 0 unspecified atom stereocenters. The molecule has 82 valence electrons. The van der Waals surface area contributed by atoms with E-state index in [9.17, 15) is 22.9 Å². The molecule has 2 N–H and O–H groups in total. The number of nitro benzene ring substituents is 1. The molecular weight excluding hydrogens is 227 g/mol. The van der Waals surface area contributed by atoms with Crippen LogP contribution in [-0.2, 0) is 10.0 Å². The number of hydrogen-bond donors (Lipinski definition) is 1. The van der Waals surface area contributed by atoms with E-state index < -0.39 is 31.3 Å². The van der Waals surface area contributed by atoms with E-state index >= 15 is 0 Å². The first-order chi connectivity index (χ1) is 6.75. The van der Waals surface area contributed by atoms with Crippen LogP contribution in [0.5, 0.6) is 0 Å². The molecule has 0 aliphatic rings. The smallest absolute Gasteiger partial charge is 0.258 e. The summed E-state index contributed by atoms with van der Waals surface area (Å²) in [5.74, 6) is -1.10. The highest BCUT2D eigenvalue weighted by molar-refractivity contribution is 7.89. The number of rotatable bonds is 2. The predicted molar refractivity (Wildman–Crippen MR) is 49.2 cm³/mol. The highest BCUT2D eigenvalue weighted by atomic mass is 32.2. The van der Waals surface area contributed by atoms with Gasteiger partial charge in [-0.25, -0.2) is 17.9 Å². The molecule has 0 spiro atoms. The number of nitrogens with zero attached hydrogens (tertiary/aromatic N) is 1. The normalized spacial score (nSPS) is 11.4. The van der Waals surface area contributed by atoms with Crippen molar-refractivity contribution in [1.82, 2.24) is 0 Å². The molecule has 0 radical (unpaired) electrons. The van der Waals surface area contributed by atoms with E-state index in [1.54, 1.807) is 0 Å². The Bertz CT molecular complexity index is 526. The Hall–Kier alpha value is -1.54. The third-order valence-electron chi connectivity index (χ3n) is 1.81. The van der Waals surface area contributed by atoms with Crippen molar-refractivity contribution >= 4 is 15.7 Å². The average Bonchev–Trinajstić information content (AvgIpc) is 2.00. The average molecular weight is 234 g/mol. The molecule has 0 aromatic heterocycles. The van der Waals surface area contributed by atoms with Crippen molar-refractivity contribution in [3.05, 3.63) is 33.6 Å². The molecule has 0 atom stereocenters. The second-order valence-electron chi connectivity index (χ2n) is 2.82. The van der Waals surface area contributed by atoms with Gasteiger partial charge in [-0.15, -0.1) is 0 Å². The number of benzene rings is 1. The molecule has 1 aromatic carbocycles. The fraction of sp³-hybridized carbons (Fsp3) is 0.143. The zero-order chi connectivity index (χ0) is 11.8. The van der Waals surface area contributed by atoms with Crippen LogP contribution in [0.15, 0.2) is 17.0 Å². The van der Waals surface area contributed by atoms with Crippen LogP contribution < -0.4 is 5.14 Å². The summed E-state index contributed by atoms with van der Waals surface area (Å²) >= 11 is 0. The molecule has 0 saturated carbocycles. The van der Waals surface area contributed by atoms with Crippen LogP contribution in [0.25, 0.3) is 0 Å². The summed E-state index contributed by atoms with van der Waals surface area (Å²) in [6.45, 7) is 1.13. The van der Waals surface area contributed by atoms with Gasteiger partial charge in [0.15, 0.2) is 0 Å². The largest absolute Gasteiger partial charge is 0.273 e. The van der Waals surface area contributed by atoms with E-state index in [1.165, 1.54) is 0 Å². The SMILES string of the molecule is Cc1c([N+](=O)[O-])ccc(F)c1S(N)(=O)=O. The van der Waals surface area contributed by atoms with Gasteiger partial charge in [0.2, 0.25) is 10.0 Å². The minimum absolute atomic E-state index is 0.303. The third-order valence-corrected chi connectivity index (χ3v) is 2.88.